The van der Waals surface area contributed by atoms with Crippen molar-refractivity contribution in [3.8, 4) is 0 Å². The first-order chi connectivity index (χ1) is 12.6. The maximum Gasteiger partial charge on any atom is 0.317 e. The first-order valence-electron chi connectivity index (χ1n) is 9.78. The highest BCUT2D eigenvalue weighted by molar-refractivity contribution is 5.77. The van der Waals surface area contributed by atoms with Crippen molar-refractivity contribution >= 4 is 12.1 Å². The van der Waals surface area contributed by atoms with E-state index in [1.165, 1.54) is 24.0 Å². The minimum atomic E-state index is 0.0341. The summed E-state index contributed by atoms with van der Waals surface area (Å²) < 4.78 is 0. The van der Waals surface area contributed by atoms with Gasteiger partial charge in [0.15, 0.2) is 0 Å². The predicted octanol–water partition coefficient (Wildman–Crippen LogP) is 2.65. The van der Waals surface area contributed by atoms with Crippen LogP contribution in [0.3, 0.4) is 0 Å². The van der Waals surface area contributed by atoms with Gasteiger partial charge in [0.05, 0.1) is 6.04 Å². The second kappa shape index (κ2) is 7.17. The molecule has 2 saturated heterocycles. The zero-order valence-corrected chi connectivity index (χ0v) is 15.4. The van der Waals surface area contributed by atoms with Crippen LogP contribution in [0.2, 0.25) is 0 Å². The van der Waals surface area contributed by atoms with Crippen LogP contribution in [0, 0.1) is 12.8 Å². The zero-order valence-electron chi connectivity index (χ0n) is 15.4. The third-order valence-electron chi connectivity index (χ3n) is 5.89. The van der Waals surface area contributed by atoms with Gasteiger partial charge in [-0.25, -0.2) is 9.59 Å². The van der Waals surface area contributed by atoms with Gasteiger partial charge in [-0.15, -0.1) is 0 Å². The Kier molecular flexibility index (Phi) is 4.74. The van der Waals surface area contributed by atoms with Crippen molar-refractivity contribution in [2.45, 2.75) is 44.7 Å². The first kappa shape index (κ1) is 17.2. The standard InChI is InChI=1S/C20H28N4O2/c1-14-2-4-15(5-3-14)18(16-6-7-16)22-20(26)23-11-8-17(9-12-23)24-13-10-21-19(24)25/h2-5,16-18H,6-13H2,1H3,(H,21,25)(H,22,26). The van der Waals surface area contributed by atoms with Gasteiger partial charge in [-0.05, 0) is 44.1 Å². The minimum Gasteiger partial charge on any atom is -0.336 e. The normalized spacial score (nSPS) is 22.3. The van der Waals surface area contributed by atoms with Crippen LogP contribution in [0.4, 0.5) is 9.59 Å². The largest absolute Gasteiger partial charge is 0.336 e. The fourth-order valence-corrected chi connectivity index (χ4v) is 4.12. The van der Waals surface area contributed by atoms with Crippen LogP contribution in [-0.4, -0.2) is 54.1 Å². The molecular formula is C20H28N4O2. The number of likely N-dealkylation sites (tertiary alicyclic amines) is 1. The molecule has 6 nitrogen and oxygen atoms in total. The fourth-order valence-electron chi connectivity index (χ4n) is 4.12. The van der Waals surface area contributed by atoms with Crippen molar-refractivity contribution in [3.63, 3.8) is 0 Å². The lowest BCUT2D eigenvalue weighted by Crippen LogP contribution is -2.50. The highest BCUT2D eigenvalue weighted by Crippen LogP contribution is 2.41. The van der Waals surface area contributed by atoms with Crippen molar-refractivity contribution in [3.05, 3.63) is 35.4 Å². The Morgan fingerprint density at radius 1 is 1.12 bits per heavy atom. The van der Waals surface area contributed by atoms with E-state index >= 15 is 0 Å². The van der Waals surface area contributed by atoms with E-state index in [9.17, 15) is 9.59 Å². The highest BCUT2D eigenvalue weighted by atomic mass is 16.2. The number of hydrogen-bond acceptors (Lipinski definition) is 2. The molecule has 6 heteroatoms. The number of nitrogens with zero attached hydrogens (tertiary/aromatic N) is 2. The lowest BCUT2D eigenvalue weighted by atomic mass is 10.0. The molecule has 0 aromatic heterocycles. The van der Waals surface area contributed by atoms with Crippen LogP contribution >= 0.6 is 0 Å². The van der Waals surface area contributed by atoms with Crippen molar-refractivity contribution in [2.24, 2.45) is 5.92 Å². The average Bonchev–Trinajstić information content (AvgIpc) is 3.41. The number of piperidine rings is 1. The number of nitrogens with one attached hydrogen (secondary N) is 2. The molecule has 1 unspecified atom stereocenters. The Hall–Kier alpha value is -2.24. The summed E-state index contributed by atoms with van der Waals surface area (Å²) in [6, 6.07) is 8.96. The number of urea groups is 2. The maximum atomic E-state index is 12.8. The highest BCUT2D eigenvalue weighted by Gasteiger charge is 2.36. The molecule has 1 aromatic carbocycles. The van der Waals surface area contributed by atoms with Gasteiger partial charge in [0.2, 0.25) is 0 Å². The second-order valence-corrected chi connectivity index (χ2v) is 7.82. The van der Waals surface area contributed by atoms with Crippen molar-refractivity contribution < 1.29 is 9.59 Å². The first-order valence-corrected chi connectivity index (χ1v) is 9.78. The maximum absolute atomic E-state index is 12.8. The molecule has 1 aromatic rings. The van der Waals surface area contributed by atoms with Crippen LogP contribution in [0.5, 0.6) is 0 Å². The third-order valence-corrected chi connectivity index (χ3v) is 5.89. The molecule has 3 fully saturated rings. The Labute approximate surface area is 154 Å². The van der Waals surface area contributed by atoms with E-state index in [0.717, 1.165) is 25.9 Å². The van der Waals surface area contributed by atoms with Gasteiger partial charge >= 0.3 is 12.1 Å². The smallest absolute Gasteiger partial charge is 0.317 e. The van der Waals surface area contributed by atoms with Crippen molar-refractivity contribution in [2.75, 3.05) is 26.2 Å². The molecular weight excluding hydrogens is 328 g/mol. The molecule has 1 saturated carbocycles. The summed E-state index contributed by atoms with van der Waals surface area (Å²) in [6.45, 7) is 5.03. The van der Waals surface area contributed by atoms with Gasteiger partial charge in [-0.1, -0.05) is 29.8 Å². The Morgan fingerprint density at radius 3 is 2.38 bits per heavy atom. The molecule has 26 heavy (non-hydrogen) atoms. The van der Waals surface area contributed by atoms with E-state index in [4.69, 9.17) is 0 Å². The number of aryl methyl sites for hydroxylation is 1. The van der Waals surface area contributed by atoms with Gasteiger partial charge in [-0.2, -0.15) is 0 Å². The van der Waals surface area contributed by atoms with Gasteiger partial charge in [0.1, 0.15) is 0 Å². The van der Waals surface area contributed by atoms with Gasteiger partial charge < -0.3 is 20.4 Å². The number of benzene rings is 1. The topological polar surface area (TPSA) is 64.7 Å². The molecule has 1 aliphatic carbocycles. The van der Waals surface area contributed by atoms with E-state index in [-0.39, 0.29) is 24.1 Å². The molecule has 1 atom stereocenters. The van der Waals surface area contributed by atoms with Crippen molar-refractivity contribution in [1.82, 2.24) is 20.4 Å². The predicted molar refractivity (Wildman–Crippen MR) is 99.9 cm³/mol. The number of hydrogen-bond donors (Lipinski definition) is 2. The van der Waals surface area contributed by atoms with E-state index in [1.807, 2.05) is 9.80 Å². The molecule has 2 N–H and O–H groups in total. The van der Waals surface area contributed by atoms with Crippen LogP contribution < -0.4 is 10.6 Å². The average molecular weight is 356 g/mol. The SMILES string of the molecule is Cc1ccc(C(NC(=O)N2CCC(N3CCNC3=O)CC2)C2CC2)cc1. The van der Waals surface area contributed by atoms with Gasteiger partial charge in [-0.3, -0.25) is 0 Å². The molecule has 0 radical (unpaired) electrons. The molecule has 0 bridgehead atoms. The fraction of sp³-hybridized carbons (Fsp3) is 0.600. The van der Waals surface area contributed by atoms with Crippen LogP contribution in [0.15, 0.2) is 24.3 Å². The number of carbonyl (C=O) groups is 2. The van der Waals surface area contributed by atoms with Gasteiger partial charge in [0, 0.05) is 32.2 Å². The number of carbonyl (C=O) groups excluding carboxylic acids is 2. The second-order valence-electron chi connectivity index (χ2n) is 7.82. The molecule has 4 rings (SSSR count). The Bertz CT molecular complexity index is 663. The molecule has 2 aliphatic heterocycles. The lowest BCUT2D eigenvalue weighted by molar-refractivity contribution is 0.139. The summed E-state index contributed by atoms with van der Waals surface area (Å²) in [7, 11) is 0. The molecule has 3 aliphatic rings. The summed E-state index contributed by atoms with van der Waals surface area (Å²) in [6.07, 6.45) is 4.09. The summed E-state index contributed by atoms with van der Waals surface area (Å²) in [5.41, 5.74) is 2.44. The van der Waals surface area contributed by atoms with Crippen LogP contribution in [0.25, 0.3) is 0 Å². The summed E-state index contributed by atoms with van der Waals surface area (Å²) in [5, 5.41) is 6.13. The quantitative estimate of drug-likeness (QED) is 0.871. The lowest BCUT2D eigenvalue weighted by Gasteiger charge is -2.36. The third kappa shape index (κ3) is 3.64. The molecule has 0 spiro atoms. The number of rotatable bonds is 4. The van der Waals surface area contributed by atoms with Gasteiger partial charge in [0.25, 0.3) is 0 Å². The molecule has 4 amide bonds. The summed E-state index contributed by atoms with van der Waals surface area (Å²) >= 11 is 0. The van der Waals surface area contributed by atoms with E-state index < -0.39 is 0 Å². The van der Waals surface area contributed by atoms with E-state index in [1.54, 1.807) is 0 Å². The van der Waals surface area contributed by atoms with Crippen LogP contribution in [0.1, 0.15) is 42.9 Å². The van der Waals surface area contributed by atoms with Crippen molar-refractivity contribution in [1.29, 1.82) is 0 Å². The summed E-state index contributed by atoms with van der Waals surface area (Å²) in [4.78, 5) is 28.5. The minimum absolute atomic E-state index is 0.0341. The monoisotopic (exact) mass is 356 g/mol. The Morgan fingerprint density at radius 2 is 1.81 bits per heavy atom. The van der Waals surface area contributed by atoms with Crippen LogP contribution in [-0.2, 0) is 0 Å². The van der Waals surface area contributed by atoms with E-state index in [0.29, 0.717) is 19.0 Å². The molecule has 140 valence electrons. The Balaban J connectivity index is 1.34. The van der Waals surface area contributed by atoms with E-state index in [2.05, 4.69) is 41.8 Å². The molecule has 2 heterocycles. The summed E-state index contributed by atoms with van der Waals surface area (Å²) in [5.74, 6) is 0.562. The zero-order chi connectivity index (χ0) is 18.1. The number of amides is 4.